The summed E-state index contributed by atoms with van der Waals surface area (Å²) in [6.07, 6.45) is 2.25. The summed E-state index contributed by atoms with van der Waals surface area (Å²) in [5.74, 6) is -0.393. The van der Waals surface area contributed by atoms with Crippen molar-refractivity contribution in [3.8, 4) is 29.3 Å². The van der Waals surface area contributed by atoms with Crippen molar-refractivity contribution in [2.45, 2.75) is 6.61 Å². The number of nitriles is 1. The van der Waals surface area contributed by atoms with Crippen molar-refractivity contribution in [2.24, 2.45) is 0 Å². The molecule has 0 aliphatic carbocycles. The maximum Gasteiger partial charge on any atom is 0.339 e. The zero-order valence-electron chi connectivity index (χ0n) is 17.3. The van der Waals surface area contributed by atoms with Gasteiger partial charge in [-0.15, -0.1) is 0 Å². The number of para-hydroxylation sites is 1. The van der Waals surface area contributed by atoms with Crippen LogP contribution < -0.4 is 14.2 Å². The Bertz CT molecular complexity index is 1190. The van der Waals surface area contributed by atoms with Crippen LogP contribution in [-0.4, -0.2) is 35.3 Å². The molecule has 162 valence electrons. The standard InChI is InChI=1S/C23H19N3O6/c1-29-13-18(23(27)28)20-21(30-2)25-14-26-22(20)32-17-8-5-6-15(10-17)12-31-19-9-4-3-7-16(19)11-24/h3-10,13-14H,12H2,1-2H3,(H,27,28)/b18-13-. The van der Waals surface area contributed by atoms with Gasteiger partial charge in [-0.2, -0.15) is 5.26 Å². The van der Waals surface area contributed by atoms with Gasteiger partial charge in [-0.05, 0) is 29.8 Å². The van der Waals surface area contributed by atoms with E-state index in [1.807, 2.05) is 6.07 Å². The van der Waals surface area contributed by atoms with E-state index in [4.69, 9.17) is 18.9 Å². The van der Waals surface area contributed by atoms with Crippen molar-refractivity contribution in [3.63, 3.8) is 0 Å². The summed E-state index contributed by atoms with van der Waals surface area (Å²) in [5, 5.41) is 18.8. The van der Waals surface area contributed by atoms with E-state index in [1.54, 1.807) is 42.5 Å². The van der Waals surface area contributed by atoms with Gasteiger partial charge in [-0.25, -0.2) is 14.8 Å². The first kappa shape index (κ1) is 22.1. The third-order valence-corrected chi connectivity index (χ3v) is 4.22. The van der Waals surface area contributed by atoms with Gasteiger partial charge in [0.05, 0.1) is 26.0 Å². The fourth-order valence-electron chi connectivity index (χ4n) is 2.81. The molecular formula is C23H19N3O6. The van der Waals surface area contributed by atoms with E-state index in [0.717, 1.165) is 11.8 Å². The quantitative estimate of drug-likeness (QED) is 0.396. The molecule has 0 spiro atoms. The molecule has 0 atom stereocenters. The zero-order chi connectivity index (χ0) is 22.9. The minimum atomic E-state index is -1.26. The highest BCUT2D eigenvalue weighted by Gasteiger charge is 2.24. The van der Waals surface area contributed by atoms with Crippen molar-refractivity contribution >= 4 is 11.5 Å². The summed E-state index contributed by atoms with van der Waals surface area (Å²) in [5.41, 5.74) is 1.01. The third-order valence-electron chi connectivity index (χ3n) is 4.22. The molecule has 0 amide bonds. The first-order valence-electron chi connectivity index (χ1n) is 9.31. The topological polar surface area (TPSA) is 124 Å². The third kappa shape index (κ3) is 5.12. The van der Waals surface area contributed by atoms with E-state index >= 15 is 0 Å². The Morgan fingerprint density at radius 1 is 1.12 bits per heavy atom. The fourth-order valence-corrected chi connectivity index (χ4v) is 2.81. The Labute approximate surface area is 184 Å². The van der Waals surface area contributed by atoms with Gasteiger partial charge in [0.25, 0.3) is 0 Å². The number of carbonyl (C=O) groups is 1. The molecule has 0 aliphatic heterocycles. The molecule has 0 fully saturated rings. The molecule has 1 N–H and O–H groups in total. The molecule has 0 aliphatic rings. The lowest BCUT2D eigenvalue weighted by molar-refractivity contribution is -0.130. The molecule has 0 unspecified atom stereocenters. The smallest absolute Gasteiger partial charge is 0.339 e. The van der Waals surface area contributed by atoms with Gasteiger partial charge >= 0.3 is 5.97 Å². The highest BCUT2D eigenvalue weighted by Crippen LogP contribution is 2.34. The van der Waals surface area contributed by atoms with Crippen LogP contribution in [0.3, 0.4) is 0 Å². The highest BCUT2D eigenvalue weighted by molar-refractivity contribution is 6.16. The van der Waals surface area contributed by atoms with E-state index in [-0.39, 0.29) is 29.5 Å². The zero-order valence-corrected chi connectivity index (χ0v) is 17.3. The molecule has 1 aromatic heterocycles. The van der Waals surface area contributed by atoms with Crippen LogP contribution in [0, 0.1) is 11.3 Å². The van der Waals surface area contributed by atoms with Crippen LogP contribution in [-0.2, 0) is 16.1 Å². The summed E-state index contributed by atoms with van der Waals surface area (Å²) in [6.45, 7) is 0.194. The highest BCUT2D eigenvalue weighted by atomic mass is 16.5. The molecule has 3 rings (SSSR count). The first-order chi connectivity index (χ1) is 15.6. The molecule has 9 nitrogen and oxygen atoms in total. The number of benzene rings is 2. The van der Waals surface area contributed by atoms with Crippen LogP contribution in [0.5, 0.6) is 23.3 Å². The second-order valence-electron chi connectivity index (χ2n) is 6.28. The van der Waals surface area contributed by atoms with Crippen LogP contribution in [0.4, 0.5) is 0 Å². The van der Waals surface area contributed by atoms with Crippen LogP contribution >= 0.6 is 0 Å². The summed E-state index contributed by atoms with van der Waals surface area (Å²) in [6, 6.07) is 16.0. The number of rotatable bonds is 9. The van der Waals surface area contributed by atoms with Gasteiger partial charge in [0.15, 0.2) is 0 Å². The van der Waals surface area contributed by atoms with Crippen LogP contribution in [0.1, 0.15) is 16.7 Å². The SMILES string of the molecule is CO/C=C(\C(=O)O)c1c(OC)ncnc1Oc1cccc(COc2ccccc2C#N)c1. The predicted molar refractivity (Wildman–Crippen MR) is 113 cm³/mol. The maximum absolute atomic E-state index is 11.7. The van der Waals surface area contributed by atoms with Gasteiger partial charge in [0.1, 0.15) is 41.6 Å². The molecule has 1 heterocycles. The largest absolute Gasteiger partial charge is 0.503 e. The number of ether oxygens (including phenoxy) is 4. The van der Waals surface area contributed by atoms with E-state index < -0.39 is 5.97 Å². The number of hydrogen-bond acceptors (Lipinski definition) is 8. The Kier molecular flexibility index (Phi) is 7.22. The number of carboxylic acid groups (broad SMARTS) is 1. The average molecular weight is 433 g/mol. The summed E-state index contributed by atoms with van der Waals surface area (Å²) in [7, 11) is 2.69. The van der Waals surface area contributed by atoms with Gasteiger partial charge < -0.3 is 24.1 Å². The molecule has 2 aromatic carbocycles. The Morgan fingerprint density at radius 3 is 2.62 bits per heavy atom. The molecule has 0 saturated carbocycles. The van der Waals surface area contributed by atoms with E-state index in [9.17, 15) is 15.2 Å². The molecular weight excluding hydrogens is 414 g/mol. The molecule has 0 radical (unpaired) electrons. The molecule has 9 heteroatoms. The van der Waals surface area contributed by atoms with Gasteiger partial charge in [-0.3, -0.25) is 0 Å². The van der Waals surface area contributed by atoms with E-state index in [1.165, 1.54) is 20.5 Å². The van der Waals surface area contributed by atoms with Crippen molar-refractivity contribution < 1.29 is 28.8 Å². The minimum Gasteiger partial charge on any atom is -0.503 e. The number of hydrogen-bond donors (Lipinski definition) is 1. The van der Waals surface area contributed by atoms with Gasteiger partial charge in [-0.1, -0.05) is 24.3 Å². The number of nitrogens with zero attached hydrogens (tertiary/aromatic N) is 3. The molecule has 3 aromatic rings. The Hall–Kier alpha value is -4.58. The Morgan fingerprint density at radius 2 is 1.91 bits per heavy atom. The number of methoxy groups -OCH3 is 2. The normalized spacial score (nSPS) is 10.7. The fraction of sp³-hybridized carbons (Fsp3) is 0.130. The van der Waals surface area contributed by atoms with Crippen molar-refractivity contribution in [1.82, 2.24) is 9.97 Å². The van der Waals surface area contributed by atoms with Gasteiger partial charge in [0, 0.05) is 0 Å². The number of aromatic nitrogens is 2. The summed E-state index contributed by atoms with van der Waals surface area (Å²) in [4.78, 5) is 19.8. The predicted octanol–water partition coefficient (Wildman–Crippen LogP) is 3.80. The van der Waals surface area contributed by atoms with Crippen LogP contribution in [0.25, 0.3) is 5.57 Å². The summed E-state index contributed by atoms with van der Waals surface area (Å²) >= 11 is 0. The Balaban J connectivity index is 1.88. The van der Waals surface area contributed by atoms with E-state index in [2.05, 4.69) is 16.0 Å². The first-order valence-corrected chi connectivity index (χ1v) is 9.31. The molecule has 32 heavy (non-hydrogen) atoms. The molecule has 0 bridgehead atoms. The average Bonchev–Trinajstić information content (AvgIpc) is 2.81. The van der Waals surface area contributed by atoms with Crippen molar-refractivity contribution in [2.75, 3.05) is 14.2 Å². The van der Waals surface area contributed by atoms with Crippen LogP contribution in [0.15, 0.2) is 61.1 Å². The van der Waals surface area contributed by atoms with Crippen molar-refractivity contribution in [1.29, 1.82) is 5.26 Å². The lowest BCUT2D eigenvalue weighted by atomic mass is 10.1. The minimum absolute atomic E-state index is 0.0181. The lowest BCUT2D eigenvalue weighted by Gasteiger charge is -2.14. The van der Waals surface area contributed by atoms with E-state index in [0.29, 0.717) is 17.1 Å². The summed E-state index contributed by atoms with van der Waals surface area (Å²) < 4.78 is 21.7. The molecule has 0 saturated heterocycles. The maximum atomic E-state index is 11.7. The van der Waals surface area contributed by atoms with Crippen LogP contribution in [0.2, 0.25) is 0 Å². The van der Waals surface area contributed by atoms with Gasteiger partial charge in [0.2, 0.25) is 11.8 Å². The second-order valence-corrected chi connectivity index (χ2v) is 6.28. The number of carboxylic acids is 1. The second kappa shape index (κ2) is 10.4. The number of aliphatic carboxylic acids is 1. The monoisotopic (exact) mass is 433 g/mol. The van der Waals surface area contributed by atoms with Crippen molar-refractivity contribution in [3.05, 3.63) is 77.8 Å². The lowest BCUT2D eigenvalue weighted by Crippen LogP contribution is -2.07.